The van der Waals surface area contributed by atoms with Crippen LogP contribution in [0.5, 0.6) is 0 Å². The lowest BCUT2D eigenvalue weighted by Gasteiger charge is -2.17. The summed E-state index contributed by atoms with van der Waals surface area (Å²) in [7, 11) is 0. The van der Waals surface area contributed by atoms with E-state index >= 15 is 0 Å². The molecular formula is C25H30N2O6. The second-order valence-corrected chi connectivity index (χ2v) is 8.32. The van der Waals surface area contributed by atoms with Crippen LogP contribution >= 0.6 is 0 Å². The molecule has 3 rings (SSSR count). The molecule has 0 saturated heterocycles. The van der Waals surface area contributed by atoms with E-state index in [-0.39, 0.29) is 37.9 Å². The fourth-order valence-corrected chi connectivity index (χ4v) is 4.13. The Bertz CT molecular complexity index is 947. The molecule has 0 fully saturated rings. The second-order valence-electron chi connectivity index (χ2n) is 8.32. The first-order valence-corrected chi connectivity index (χ1v) is 11.1. The fourth-order valence-electron chi connectivity index (χ4n) is 4.13. The van der Waals surface area contributed by atoms with Gasteiger partial charge in [0.1, 0.15) is 12.6 Å². The number of hydrogen-bond donors (Lipinski definition) is 4. The van der Waals surface area contributed by atoms with Crippen LogP contribution < -0.4 is 10.6 Å². The van der Waals surface area contributed by atoms with Crippen molar-refractivity contribution in [2.75, 3.05) is 19.8 Å². The topological polar surface area (TPSA) is 125 Å². The van der Waals surface area contributed by atoms with Crippen molar-refractivity contribution < 1.29 is 29.3 Å². The van der Waals surface area contributed by atoms with E-state index in [4.69, 9.17) is 14.9 Å². The van der Waals surface area contributed by atoms with Crippen molar-refractivity contribution >= 4 is 18.0 Å². The molecule has 2 aromatic rings. The van der Waals surface area contributed by atoms with Crippen molar-refractivity contribution in [2.45, 2.75) is 38.1 Å². The van der Waals surface area contributed by atoms with Crippen molar-refractivity contribution in [3.05, 3.63) is 59.7 Å². The van der Waals surface area contributed by atoms with Gasteiger partial charge in [-0.1, -0.05) is 55.5 Å². The van der Waals surface area contributed by atoms with Crippen LogP contribution in [-0.2, 0) is 14.3 Å². The summed E-state index contributed by atoms with van der Waals surface area (Å²) in [5.74, 6) is -1.65. The molecule has 176 valence electrons. The molecule has 2 amide bonds. The minimum absolute atomic E-state index is 0.00753. The van der Waals surface area contributed by atoms with Crippen molar-refractivity contribution in [3.63, 3.8) is 0 Å². The Morgan fingerprint density at radius 1 is 1.00 bits per heavy atom. The number of rotatable bonds is 11. The molecule has 33 heavy (non-hydrogen) atoms. The highest BCUT2D eigenvalue weighted by Crippen LogP contribution is 2.44. The average molecular weight is 455 g/mol. The molecule has 0 spiro atoms. The highest BCUT2D eigenvalue weighted by Gasteiger charge is 2.29. The number of fused-ring (bicyclic) bond motifs is 3. The Labute approximate surface area is 193 Å². The molecule has 0 bridgehead atoms. The van der Waals surface area contributed by atoms with Crippen molar-refractivity contribution in [2.24, 2.45) is 5.92 Å². The molecule has 0 saturated carbocycles. The molecule has 0 heterocycles. The average Bonchev–Trinajstić information content (AvgIpc) is 3.11. The lowest BCUT2D eigenvalue weighted by Crippen LogP contribution is -2.42. The lowest BCUT2D eigenvalue weighted by atomic mass is 9.98. The largest absolute Gasteiger partial charge is 0.480 e. The third-order valence-electron chi connectivity index (χ3n) is 5.84. The van der Waals surface area contributed by atoms with Gasteiger partial charge in [0, 0.05) is 31.9 Å². The lowest BCUT2D eigenvalue weighted by molar-refractivity contribution is -0.142. The predicted octanol–water partition coefficient (Wildman–Crippen LogP) is 2.89. The summed E-state index contributed by atoms with van der Waals surface area (Å²) >= 11 is 0. The number of benzene rings is 2. The Morgan fingerprint density at radius 2 is 1.61 bits per heavy atom. The Kier molecular flexibility index (Phi) is 8.43. The van der Waals surface area contributed by atoms with Gasteiger partial charge in [0.05, 0.1) is 0 Å². The summed E-state index contributed by atoms with van der Waals surface area (Å²) in [6.45, 7) is 2.10. The third-order valence-corrected chi connectivity index (χ3v) is 5.84. The number of ether oxygens (including phenoxy) is 1. The molecule has 2 unspecified atom stereocenters. The van der Waals surface area contributed by atoms with E-state index in [1.807, 2.05) is 31.2 Å². The Morgan fingerprint density at radius 3 is 2.18 bits per heavy atom. The minimum atomic E-state index is -1.18. The highest BCUT2D eigenvalue weighted by atomic mass is 16.5. The van der Waals surface area contributed by atoms with E-state index < -0.39 is 24.0 Å². The monoisotopic (exact) mass is 454 g/mol. The number of hydrogen-bond acceptors (Lipinski definition) is 5. The summed E-state index contributed by atoms with van der Waals surface area (Å²) < 4.78 is 5.49. The number of carbonyl (C=O) groups excluding carboxylic acids is 2. The zero-order valence-electron chi connectivity index (χ0n) is 18.6. The van der Waals surface area contributed by atoms with E-state index in [1.165, 1.54) is 11.1 Å². The van der Waals surface area contributed by atoms with Crippen LogP contribution in [0.3, 0.4) is 0 Å². The summed E-state index contributed by atoms with van der Waals surface area (Å²) in [6, 6.07) is 15.1. The molecule has 0 aliphatic heterocycles. The van der Waals surface area contributed by atoms with Gasteiger partial charge in [-0.2, -0.15) is 0 Å². The maximum absolute atomic E-state index is 12.2. The number of carboxylic acids is 1. The molecule has 8 nitrogen and oxygen atoms in total. The summed E-state index contributed by atoms with van der Waals surface area (Å²) in [4.78, 5) is 35.3. The van der Waals surface area contributed by atoms with Gasteiger partial charge in [0.2, 0.25) is 5.91 Å². The van der Waals surface area contributed by atoms with Crippen LogP contribution in [-0.4, -0.2) is 54.0 Å². The highest BCUT2D eigenvalue weighted by molar-refractivity contribution is 5.83. The molecular weight excluding hydrogens is 424 g/mol. The van der Waals surface area contributed by atoms with Gasteiger partial charge < -0.3 is 25.6 Å². The van der Waals surface area contributed by atoms with Crippen molar-refractivity contribution in [3.8, 4) is 11.1 Å². The van der Waals surface area contributed by atoms with Gasteiger partial charge in [-0.25, -0.2) is 9.59 Å². The molecule has 0 aromatic heterocycles. The summed E-state index contributed by atoms with van der Waals surface area (Å²) in [5, 5.41) is 23.1. The standard InChI is InChI=1S/C25H30N2O6/c1-16(14-23(29)27-22(11-13-28)24(30)31)10-12-26-25(32)33-15-21-19-8-4-2-6-17(19)18-7-3-5-9-20(18)21/h2-9,16,21-22,28H,10-15H2,1H3,(H,26,32)(H,27,29)(H,30,31). The van der Waals surface area contributed by atoms with E-state index in [2.05, 4.69) is 34.9 Å². The zero-order valence-corrected chi connectivity index (χ0v) is 18.6. The van der Waals surface area contributed by atoms with Gasteiger partial charge >= 0.3 is 12.1 Å². The normalized spacial score (nSPS) is 14.0. The zero-order chi connectivity index (χ0) is 23.8. The first-order chi connectivity index (χ1) is 15.9. The number of carbonyl (C=O) groups is 3. The van der Waals surface area contributed by atoms with Gasteiger partial charge in [-0.15, -0.1) is 0 Å². The summed E-state index contributed by atoms with van der Waals surface area (Å²) in [6.07, 6.45) is 0.109. The second kappa shape index (κ2) is 11.5. The van der Waals surface area contributed by atoms with Gasteiger partial charge in [0.25, 0.3) is 0 Å². The van der Waals surface area contributed by atoms with Crippen molar-refractivity contribution in [1.82, 2.24) is 10.6 Å². The van der Waals surface area contributed by atoms with Gasteiger partial charge in [-0.3, -0.25) is 4.79 Å². The van der Waals surface area contributed by atoms with E-state index in [1.54, 1.807) is 0 Å². The van der Waals surface area contributed by atoms with Crippen LogP contribution in [0.4, 0.5) is 4.79 Å². The number of carboxylic acid groups (broad SMARTS) is 1. The van der Waals surface area contributed by atoms with Crippen LogP contribution in [0, 0.1) is 5.92 Å². The molecule has 0 radical (unpaired) electrons. The molecule has 4 N–H and O–H groups in total. The van der Waals surface area contributed by atoms with Crippen LogP contribution in [0.1, 0.15) is 43.2 Å². The number of nitrogens with one attached hydrogen (secondary N) is 2. The number of amides is 2. The molecule has 1 aliphatic carbocycles. The number of aliphatic hydroxyl groups excluding tert-OH is 1. The molecule has 1 aliphatic rings. The molecule has 8 heteroatoms. The predicted molar refractivity (Wildman–Crippen MR) is 123 cm³/mol. The first-order valence-electron chi connectivity index (χ1n) is 11.1. The smallest absolute Gasteiger partial charge is 0.407 e. The SMILES string of the molecule is CC(CCNC(=O)OCC1c2ccccc2-c2ccccc21)CC(=O)NC(CCO)C(=O)O. The van der Waals surface area contributed by atoms with E-state index in [0.717, 1.165) is 11.1 Å². The van der Waals surface area contributed by atoms with Crippen LogP contribution in [0.15, 0.2) is 48.5 Å². The van der Waals surface area contributed by atoms with Gasteiger partial charge in [-0.05, 0) is 34.6 Å². The van der Waals surface area contributed by atoms with Crippen molar-refractivity contribution in [1.29, 1.82) is 0 Å². The fraction of sp³-hybridized carbons (Fsp3) is 0.400. The summed E-state index contributed by atoms with van der Waals surface area (Å²) in [5.41, 5.74) is 4.62. The minimum Gasteiger partial charge on any atom is -0.480 e. The van der Waals surface area contributed by atoms with E-state index in [0.29, 0.717) is 13.0 Å². The third kappa shape index (κ3) is 6.32. The molecule has 2 aromatic carbocycles. The molecule has 2 atom stereocenters. The van der Waals surface area contributed by atoms with Crippen LogP contribution in [0.25, 0.3) is 11.1 Å². The quantitative estimate of drug-likeness (QED) is 0.414. The van der Waals surface area contributed by atoms with E-state index in [9.17, 15) is 14.4 Å². The first kappa shape index (κ1) is 24.3. The number of alkyl carbamates (subject to hydrolysis) is 1. The Balaban J connectivity index is 1.41. The Hall–Kier alpha value is -3.39. The maximum Gasteiger partial charge on any atom is 0.407 e. The number of aliphatic hydroxyl groups is 1. The van der Waals surface area contributed by atoms with Crippen LogP contribution in [0.2, 0.25) is 0 Å². The maximum atomic E-state index is 12.2. The van der Waals surface area contributed by atoms with Gasteiger partial charge in [0.15, 0.2) is 0 Å². The number of aliphatic carboxylic acids is 1.